The number of rotatable bonds is 3. The molecular formula is C10H10N4O4S2. The average molecular weight is 314 g/mol. The molecule has 1 aliphatic heterocycles. The Kier molecular flexibility index (Phi) is 4.45. The van der Waals surface area contributed by atoms with Gasteiger partial charge >= 0.3 is 5.69 Å². The predicted molar refractivity (Wildman–Crippen MR) is 76.8 cm³/mol. The van der Waals surface area contributed by atoms with Gasteiger partial charge in [0.05, 0.1) is 15.9 Å². The zero-order valence-electron chi connectivity index (χ0n) is 10.2. The highest BCUT2D eigenvalue weighted by atomic mass is 32.2. The maximum absolute atomic E-state index is 11.0. The number of hydrogen-bond acceptors (Lipinski definition) is 7. The topological polar surface area (TPSA) is 102 Å². The molecule has 1 saturated heterocycles. The summed E-state index contributed by atoms with van der Waals surface area (Å²) in [6.45, 7) is 1.65. The summed E-state index contributed by atoms with van der Waals surface area (Å²) >= 11 is 6.22. The minimum absolute atomic E-state index is 0.0810. The molecule has 0 unspecified atom stereocenters. The third-order valence-corrected chi connectivity index (χ3v) is 4.22. The van der Waals surface area contributed by atoms with Gasteiger partial charge in [0, 0.05) is 13.1 Å². The van der Waals surface area contributed by atoms with Crippen molar-refractivity contribution in [2.75, 3.05) is 13.1 Å². The van der Waals surface area contributed by atoms with E-state index in [2.05, 4.69) is 4.98 Å². The van der Waals surface area contributed by atoms with E-state index in [0.29, 0.717) is 4.32 Å². The van der Waals surface area contributed by atoms with Crippen LogP contribution in [0, 0.1) is 20.2 Å². The summed E-state index contributed by atoms with van der Waals surface area (Å²) in [4.78, 5) is 25.9. The normalized spacial score (nSPS) is 14.3. The van der Waals surface area contributed by atoms with Crippen molar-refractivity contribution in [2.24, 2.45) is 0 Å². The van der Waals surface area contributed by atoms with Crippen LogP contribution in [-0.2, 0) is 0 Å². The fourth-order valence-corrected chi connectivity index (χ4v) is 3.03. The van der Waals surface area contributed by atoms with Crippen molar-refractivity contribution >= 4 is 39.7 Å². The van der Waals surface area contributed by atoms with E-state index in [-0.39, 0.29) is 5.03 Å². The van der Waals surface area contributed by atoms with Gasteiger partial charge in [0.15, 0.2) is 5.03 Å². The predicted octanol–water partition coefficient (Wildman–Crippen LogP) is 2.37. The lowest BCUT2D eigenvalue weighted by Gasteiger charge is -2.16. The summed E-state index contributed by atoms with van der Waals surface area (Å²) in [5.74, 6) is 0. The van der Waals surface area contributed by atoms with Crippen LogP contribution >= 0.6 is 24.0 Å². The molecule has 8 nitrogen and oxygen atoms in total. The number of aromatic nitrogens is 1. The Balaban J connectivity index is 2.24. The summed E-state index contributed by atoms with van der Waals surface area (Å²) in [6.07, 6.45) is 3.08. The van der Waals surface area contributed by atoms with E-state index >= 15 is 0 Å². The molecule has 0 amide bonds. The maximum atomic E-state index is 11.0. The second-order valence-corrected chi connectivity index (χ2v) is 5.72. The van der Waals surface area contributed by atoms with Crippen molar-refractivity contribution in [3.8, 4) is 0 Å². The minimum Gasteiger partial charge on any atom is -0.357 e. The van der Waals surface area contributed by atoms with Gasteiger partial charge in [0.1, 0.15) is 10.5 Å². The number of likely N-dealkylation sites (tertiary alicyclic amines) is 1. The maximum Gasteiger partial charge on any atom is 0.308 e. The number of thioether (sulfide) groups is 1. The Hall–Kier alpha value is -1.81. The summed E-state index contributed by atoms with van der Waals surface area (Å²) in [6, 6.07) is 0.905. The van der Waals surface area contributed by atoms with Gasteiger partial charge < -0.3 is 4.90 Å². The Morgan fingerprint density at radius 3 is 2.50 bits per heavy atom. The van der Waals surface area contributed by atoms with Crippen LogP contribution in [0.3, 0.4) is 0 Å². The van der Waals surface area contributed by atoms with Gasteiger partial charge in [-0.15, -0.1) is 0 Å². The Bertz CT molecular complexity index is 574. The molecule has 1 fully saturated rings. The largest absolute Gasteiger partial charge is 0.357 e. The fraction of sp³-hybridized carbons (Fsp3) is 0.400. The highest BCUT2D eigenvalue weighted by Gasteiger charge is 2.24. The van der Waals surface area contributed by atoms with Crippen LogP contribution in [0.5, 0.6) is 0 Å². The molecule has 2 rings (SSSR count). The minimum atomic E-state index is -0.715. The average Bonchev–Trinajstić information content (AvgIpc) is 2.92. The Morgan fingerprint density at radius 1 is 1.30 bits per heavy atom. The van der Waals surface area contributed by atoms with Crippen molar-refractivity contribution < 1.29 is 9.85 Å². The van der Waals surface area contributed by atoms with Crippen molar-refractivity contribution in [3.05, 3.63) is 32.5 Å². The van der Waals surface area contributed by atoms with Crippen LogP contribution in [0.25, 0.3) is 0 Å². The van der Waals surface area contributed by atoms with Crippen LogP contribution in [0.2, 0.25) is 0 Å². The van der Waals surface area contributed by atoms with Gasteiger partial charge in [-0.25, -0.2) is 4.98 Å². The number of nitro groups is 2. The molecule has 20 heavy (non-hydrogen) atoms. The number of nitrogens with zero attached hydrogens (tertiary/aromatic N) is 4. The molecule has 0 aromatic carbocycles. The second kappa shape index (κ2) is 6.09. The Morgan fingerprint density at radius 2 is 1.95 bits per heavy atom. The molecule has 10 heteroatoms. The molecule has 0 N–H and O–H groups in total. The van der Waals surface area contributed by atoms with Crippen LogP contribution < -0.4 is 0 Å². The van der Waals surface area contributed by atoms with E-state index < -0.39 is 21.2 Å². The zero-order chi connectivity index (χ0) is 14.7. The van der Waals surface area contributed by atoms with E-state index in [1.807, 2.05) is 4.90 Å². The van der Waals surface area contributed by atoms with Gasteiger partial charge in [-0.2, -0.15) is 0 Å². The van der Waals surface area contributed by atoms with Crippen LogP contribution in [0.15, 0.2) is 17.3 Å². The highest BCUT2D eigenvalue weighted by molar-refractivity contribution is 8.22. The molecule has 1 aliphatic rings. The summed E-state index contributed by atoms with van der Waals surface area (Å²) < 4.78 is 0.506. The van der Waals surface area contributed by atoms with Gasteiger partial charge in [0.2, 0.25) is 0 Å². The van der Waals surface area contributed by atoms with Gasteiger partial charge in [-0.1, -0.05) is 12.2 Å². The standard InChI is InChI=1S/C10H10N4O4S2/c15-13(16)7-5-8(14(17)18)9(11-6-7)20-10(19)12-3-1-2-4-12/h5-6H,1-4H2. The number of thiocarbonyl (C=S) groups is 1. The van der Waals surface area contributed by atoms with E-state index in [1.54, 1.807) is 0 Å². The smallest absolute Gasteiger partial charge is 0.308 e. The van der Waals surface area contributed by atoms with Crippen molar-refractivity contribution in [2.45, 2.75) is 17.9 Å². The summed E-state index contributed by atoms with van der Waals surface area (Å²) in [5, 5.41) is 21.7. The lowest BCUT2D eigenvalue weighted by atomic mass is 10.4. The summed E-state index contributed by atoms with van der Waals surface area (Å²) in [7, 11) is 0. The quantitative estimate of drug-likeness (QED) is 0.362. The van der Waals surface area contributed by atoms with E-state index in [0.717, 1.165) is 50.0 Å². The van der Waals surface area contributed by atoms with Crippen molar-refractivity contribution in [1.29, 1.82) is 0 Å². The molecule has 0 radical (unpaired) electrons. The molecule has 2 heterocycles. The third kappa shape index (κ3) is 3.20. The summed E-state index contributed by atoms with van der Waals surface area (Å²) in [5.41, 5.74) is -0.807. The fourth-order valence-electron chi connectivity index (χ4n) is 1.79. The lowest BCUT2D eigenvalue weighted by molar-refractivity contribution is -0.396. The molecule has 0 aliphatic carbocycles. The molecular weight excluding hydrogens is 304 g/mol. The zero-order valence-corrected chi connectivity index (χ0v) is 11.9. The van der Waals surface area contributed by atoms with E-state index in [1.165, 1.54) is 0 Å². The number of hydrogen-bond donors (Lipinski definition) is 0. The van der Waals surface area contributed by atoms with Crippen molar-refractivity contribution in [3.63, 3.8) is 0 Å². The first kappa shape index (κ1) is 14.6. The third-order valence-electron chi connectivity index (χ3n) is 2.77. The Labute approximate surface area is 123 Å². The highest BCUT2D eigenvalue weighted by Crippen LogP contribution is 2.32. The second-order valence-electron chi connectivity index (χ2n) is 4.09. The van der Waals surface area contributed by atoms with Crippen LogP contribution in [-0.4, -0.2) is 37.1 Å². The molecule has 0 atom stereocenters. The molecule has 1 aromatic heterocycles. The van der Waals surface area contributed by atoms with E-state index in [4.69, 9.17) is 12.2 Å². The van der Waals surface area contributed by atoms with Gasteiger partial charge in [0.25, 0.3) is 5.69 Å². The monoisotopic (exact) mass is 314 g/mol. The van der Waals surface area contributed by atoms with Gasteiger partial charge in [-0.05, 0) is 24.6 Å². The molecule has 0 bridgehead atoms. The van der Waals surface area contributed by atoms with E-state index in [9.17, 15) is 20.2 Å². The van der Waals surface area contributed by atoms with Crippen molar-refractivity contribution in [1.82, 2.24) is 9.88 Å². The number of pyridine rings is 1. The SMILES string of the molecule is O=[N+]([O-])c1cnc(SC(=S)N2CCCC2)c([N+](=O)[O-])c1. The lowest BCUT2D eigenvalue weighted by Crippen LogP contribution is -2.23. The molecule has 0 saturated carbocycles. The van der Waals surface area contributed by atoms with Crippen LogP contribution in [0.4, 0.5) is 11.4 Å². The molecule has 1 aromatic rings. The van der Waals surface area contributed by atoms with Crippen LogP contribution in [0.1, 0.15) is 12.8 Å². The first-order chi connectivity index (χ1) is 9.49. The first-order valence-corrected chi connectivity index (χ1v) is 6.97. The molecule has 106 valence electrons. The first-order valence-electron chi connectivity index (χ1n) is 5.74. The molecule has 0 spiro atoms. The van der Waals surface area contributed by atoms with Gasteiger partial charge in [-0.3, -0.25) is 20.2 Å².